The van der Waals surface area contributed by atoms with E-state index in [1.165, 1.54) is 5.56 Å². The highest BCUT2D eigenvalue weighted by molar-refractivity contribution is 5.80. The monoisotopic (exact) mass is 262 g/mol. The Morgan fingerprint density at radius 2 is 2.16 bits per heavy atom. The second-order valence-electron chi connectivity index (χ2n) is 5.43. The van der Waals surface area contributed by atoms with Gasteiger partial charge in [0.2, 0.25) is 0 Å². The van der Waals surface area contributed by atoms with Gasteiger partial charge in [0.25, 0.3) is 0 Å². The maximum Gasteiger partial charge on any atom is 0.139 e. The van der Waals surface area contributed by atoms with E-state index < -0.39 is 0 Å². The SMILES string of the molecule is CCN(Cc1ccncc1)CC1(CC(N)=NO)CC1. The predicted octanol–water partition coefficient (Wildman–Crippen LogP) is 1.82. The van der Waals surface area contributed by atoms with Crippen molar-refractivity contribution in [3.63, 3.8) is 0 Å². The van der Waals surface area contributed by atoms with E-state index in [4.69, 9.17) is 10.9 Å². The van der Waals surface area contributed by atoms with E-state index in [2.05, 4.69) is 22.0 Å². The third-order valence-electron chi connectivity index (χ3n) is 3.80. The average molecular weight is 262 g/mol. The molecule has 19 heavy (non-hydrogen) atoms. The van der Waals surface area contributed by atoms with Gasteiger partial charge >= 0.3 is 0 Å². The van der Waals surface area contributed by atoms with Crippen LogP contribution in [0.4, 0.5) is 0 Å². The molecule has 1 heterocycles. The van der Waals surface area contributed by atoms with Crippen LogP contribution in [0.25, 0.3) is 0 Å². The quantitative estimate of drug-likeness (QED) is 0.340. The number of hydrogen-bond donors (Lipinski definition) is 2. The lowest BCUT2D eigenvalue weighted by atomic mass is 10.0. The molecule has 0 spiro atoms. The van der Waals surface area contributed by atoms with Gasteiger partial charge in [0.05, 0.1) is 0 Å². The molecule has 1 aromatic heterocycles. The largest absolute Gasteiger partial charge is 0.409 e. The Kier molecular flexibility index (Phi) is 4.37. The molecular formula is C14H22N4O. The molecule has 3 N–H and O–H groups in total. The second kappa shape index (κ2) is 6.02. The van der Waals surface area contributed by atoms with Gasteiger partial charge in [0.15, 0.2) is 0 Å². The van der Waals surface area contributed by atoms with Crippen LogP contribution in [0.1, 0.15) is 31.7 Å². The van der Waals surface area contributed by atoms with Gasteiger partial charge in [0.1, 0.15) is 5.84 Å². The third-order valence-corrected chi connectivity index (χ3v) is 3.80. The van der Waals surface area contributed by atoms with Crippen LogP contribution in [-0.2, 0) is 6.54 Å². The molecule has 0 atom stereocenters. The van der Waals surface area contributed by atoms with Crippen molar-refractivity contribution in [2.45, 2.75) is 32.7 Å². The Labute approximate surface area is 114 Å². The highest BCUT2D eigenvalue weighted by Gasteiger charge is 2.44. The van der Waals surface area contributed by atoms with Gasteiger partial charge in [-0.25, -0.2) is 0 Å². The topological polar surface area (TPSA) is 74.7 Å². The summed E-state index contributed by atoms with van der Waals surface area (Å²) >= 11 is 0. The molecule has 0 aromatic carbocycles. The molecule has 0 saturated heterocycles. The molecule has 1 aliphatic carbocycles. The van der Waals surface area contributed by atoms with E-state index in [-0.39, 0.29) is 5.41 Å². The van der Waals surface area contributed by atoms with Gasteiger partial charge < -0.3 is 10.9 Å². The first-order valence-corrected chi connectivity index (χ1v) is 6.75. The van der Waals surface area contributed by atoms with Crippen LogP contribution in [-0.4, -0.2) is 34.0 Å². The molecule has 1 saturated carbocycles. The minimum Gasteiger partial charge on any atom is -0.409 e. The molecule has 1 aliphatic rings. The molecule has 0 bridgehead atoms. The maximum atomic E-state index is 8.69. The van der Waals surface area contributed by atoms with Crippen LogP contribution in [0, 0.1) is 5.41 Å². The molecule has 1 aromatic rings. The number of oxime groups is 1. The number of aromatic nitrogens is 1. The van der Waals surface area contributed by atoms with Crippen molar-refractivity contribution in [3.05, 3.63) is 30.1 Å². The lowest BCUT2D eigenvalue weighted by Crippen LogP contribution is -2.32. The third kappa shape index (κ3) is 3.92. The molecule has 5 nitrogen and oxygen atoms in total. The highest BCUT2D eigenvalue weighted by atomic mass is 16.4. The van der Waals surface area contributed by atoms with Crippen LogP contribution < -0.4 is 5.73 Å². The normalized spacial score (nSPS) is 17.7. The number of nitrogens with zero attached hydrogens (tertiary/aromatic N) is 3. The fourth-order valence-corrected chi connectivity index (χ4v) is 2.49. The van der Waals surface area contributed by atoms with Crippen molar-refractivity contribution in [3.8, 4) is 0 Å². The van der Waals surface area contributed by atoms with Crippen LogP contribution in [0.3, 0.4) is 0 Å². The van der Waals surface area contributed by atoms with Gasteiger partial charge in [0, 0.05) is 31.9 Å². The van der Waals surface area contributed by atoms with E-state index in [0.29, 0.717) is 12.3 Å². The summed E-state index contributed by atoms with van der Waals surface area (Å²) in [5, 5.41) is 11.8. The zero-order valence-corrected chi connectivity index (χ0v) is 11.4. The Morgan fingerprint density at radius 3 is 2.68 bits per heavy atom. The smallest absolute Gasteiger partial charge is 0.139 e. The molecule has 0 aliphatic heterocycles. The number of hydrogen-bond acceptors (Lipinski definition) is 4. The summed E-state index contributed by atoms with van der Waals surface area (Å²) in [5.74, 6) is 0.345. The summed E-state index contributed by atoms with van der Waals surface area (Å²) in [6, 6.07) is 4.09. The van der Waals surface area contributed by atoms with Gasteiger partial charge in [-0.15, -0.1) is 0 Å². The van der Waals surface area contributed by atoms with Crippen molar-refractivity contribution < 1.29 is 5.21 Å². The van der Waals surface area contributed by atoms with Crippen LogP contribution in [0.5, 0.6) is 0 Å². The molecule has 5 heteroatoms. The molecule has 2 rings (SSSR count). The lowest BCUT2D eigenvalue weighted by Gasteiger charge is -2.26. The summed E-state index contributed by atoms with van der Waals surface area (Å²) in [6.45, 7) is 5.10. The average Bonchev–Trinajstić information content (AvgIpc) is 3.18. The fourth-order valence-electron chi connectivity index (χ4n) is 2.49. The number of amidine groups is 1. The van der Waals surface area contributed by atoms with E-state index in [9.17, 15) is 0 Å². The minimum atomic E-state index is 0.222. The minimum absolute atomic E-state index is 0.222. The zero-order valence-electron chi connectivity index (χ0n) is 11.4. The Bertz CT molecular complexity index is 428. The first kappa shape index (κ1) is 13.8. The first-order chi connectivity index (χ1) is 9.17. The standard InChI is InChI=1S/C14H22N4O/c1-2-18(10-12-3-7-16-8-4-12)11-14(5-6-14)9-13(15)17-19/h3-4,7-8,19H,2,5-6,9-11H2,1H3,(H2,15,17). The summed E-state index contributed by atoms with van der Waals surface area (Å²) < 4.78 is 0. The van der Waals surface area contributed by atoms with Gasteiger partial charge in [-0.3, -0.25) is 9.88 Å². The lowest BCUT2D eigenvalue weighted by molar-refractivity contribution is 0.223. The molecular weight excluding hydrogens is 240 g/mol. The highest BCUT2D eigenvalue weighted by Crippen LogP contribution is 2.49. The maximum absolute atomic E-state index is 8.69. The molecule has 0 amide bonds. The zero-order chi connectivity index (χ0) is 13.7. The summed E-state index contributed by atoms with van der Waals surface area (Å²) in [4.78, 5) is 6.45. The summed E-state index contributed by atoms with van der Waals surface area (Å²) in [6.07, 6.45) is 6.67. The molecule has 0 unspecified atom stereocenters. The van der Waals surface area contributed by atoms with E-state index in [0.717, 1.165) is 32.5 Å². The summed E-state index contributed by atoms with van der Waals surface area (Å²) in [7, 11) is 0. The fraction of sp³-hybridized carbons (Fsp3) is 0.571. The van der Waals surface area contributed by atoms with Gasteiger partial charge in [-0.2, -0.15) is 0 Å². The van der Waals surface area contributed by atoms with Crippen molar-refractivity contribution in [2.24, 2.45) is 16.3 Å². The van der Waals surface area contributed by atoms with Crippen LogP contribution >= 0.6 is 0 Å². The van der Waals surface area contributed by atoms with E-state index in [1.807, 2.05) is 24.5 Å². The Morgan fingerprint density at radius 1 is 1.47 bits per heavy atom. The number of nitrogens with two attached hydrogens (primary N) is 1. The molecule has 104 valence electrons. The predicted molar refractivity (Wildman–Crippen MR) is 74.9 cm³/mol. The first-order valence-electron chi connectivity index (χ1n) is 6.75. The van der Waals surface area contributed by atoms with E-state index in [1.54, 1.807) is 0 Å². The van der Waals surface area contributed by atoms with Gasteiger partial charge in [-0.05, 0) is 42.5 Å². The van der Waals surface area contributed by atoms with Crippen molar-refractivity contribution in [1.82, 2.24) is 9.88 Å². The number of rotatable bonds is 7. The molecule has 0 radical (unpaired) electrons. The Balaban J connectivity index is 1.92. The van der Waals surface area contributed by atoms with Crippen molar-refractivity contribution in [2.75, 3.05) is 13.1 Å². The van der Waals surface area contributed by atoms with Crippen LogP contribution in [0.15, 0.2) is 29.7 Å². The van der Waals surface area contributed by atoms with Crippen molar-refractivity contribution >= 4 is 5.84 Å². The second-order valence-corrected chi connectivity index (χ2v) is 5.43. The van der Waals surface area contributed by atoms with Crippen LogP contribution in [0.2, 0.25) is 0 Å². The van der Waals surface area contributed by atoms with Gasteiger partial charge in [-0.1, -0.05) is 12.1 Å². The Hall–Kier alpha value is -1.62. The molecule has 1 fully saturated rings. The number of pyridine rings is 1. The van der Waals surface area contributed by atoms with Crippen molar-refractivity contribution in [1.29, 1.82) is 0 Å². The van der Waals surface area contributed by atoms with E-state index >= 15 is 0 Å². The summed E-state index contributed by atoms with van der Waals surface area (Å²) in [5.41, 5.74) is 7.14.